The average Bonchev–Trinajstić information content (AvgIpc) is 2.49. The van der Waals surface area contributed by atoms with Crippen LogP contribution in [0.4, 0.5) is 0 Å². The molecule has 1 atom stereocenters. The van der Waals surface area contributed by atoms with Crippen LogP contribution in [0.15, 0.2) is 0 Å². The van der Waals surface area contributed by atoms with Gasteiger partial charge in [-0.2, -0.15) is 4.31 Å². The summed E-state index contributed by atoms with van der Waals surface area (Å²) in [6, 6.07) is 0. The summed E-state index contributed by atoms with van der Waals surface area (Å²) >= 11 is 5.41. The number of halogens is 1. The fourth-order valence-electron chi connectivity index (χ4n) is 1.33. The molecule has 1 fully saturated rings. The standard InChI is InChI=1S/C7H14ClNO3S/c8-3-1-5-13(11,12)9-4-2-7(10)6-9/h7,10H,1-6H2/t7-/m1/s1. The highest BCUT2D eigenvalue weighted by atomic mass is 35.5. The van der Waals surface area contributed by atoms with Crippen molar-refractivity contribution < 1.29 is 13.5 Å². The van der Waals surface area contributed by atoms with Crippen molar-refractivity contribution in [1.29, 1.82) is 0 Å². The third-order valence-electron chi connectivity index (χ3n) is 2.06. The average molecular weight is 228 g/mol. The smallest absolute Gasteiger partial charge is 0.214 e. The number of aliphatic hydroxyl groups excluding tert-OH is 1. The minimum atomic E-state index is -3.17. The van der Waals surface area contributed by atoms with Gasteiger partial charge in [-0.05, 0) is 12.8 Å². The molecule has 0 amide bonds. The van der Waals surface area contributed by atoms with Crippen LogP contribution < -0.4 is 0 Å². The normalized spacial score (nSPS) is 25.2. The molecular weight excluding hydrogens is 214 g/mol. The van der Waals surface area contributed by atoms with Crippen LogP contribution in [-0.2, 0) is 10.0 Å². The van der Waals surface area contributed by atoms with E-state index < -0.39 is 16.1 Å². The zero-order valence-electron chi connectivity index (χ0n) is 7.32. The summed E-state index contributed by atoms with van der Waals surface area (Å²) in [4.78, 5) is 0. The van der Waals surface area contributed by atoms with Gasteiger partial charge in [-0.3, -0.25) is 0 Å². The molecule has 0 unspecified atom stereocenters. The SMILES string of the molecule is O=S(=O)(CCCCl)N1CC[C@@H](O)C1. The number of sulfonamides is 1. The Balaban J connectivity index is 2.50. The van der Waals surface area contributed by atoms with Crippen molar-refractivity contribution >= 4 is 21.6 Å². The molecule has 1 heterocycles. The molecule has 0 aromatic rings. The van der Waals surface area contributed by atoms with Crippen LogP contribution in [0.25, 0.3) is 0 Å². The molecule has 1 N–H and O–H groups in total. The van der Waals surface area contributed by atoms with Crippen molar-refractivity contribution in [3.05, 3.63) is 0 Å². The molecule has 0 bridgehead atoms. The van der Waals surface area contributed by atoms with E-state index in [2.05, 4.69) is 0 Å². The lowest BCUT2D eigenvalue weighted by Gasteiger charge is -2.14. The predicted molar refractivity (Wildman–Crippen MR) is 51.3 cm³/mol. The molecule has 0 aromatic carbocycles. The van der Waals surface area contributed by atoms with Gasteiger partial charge < -0.3 is 5.11 Å². The minimum Gasteiger partial charge on any atom is -0.392 e. The molecule has 78 valence electrons. The molecule has 0 spiro atoms. The van der Waals surface area contributed by atoms with Crippen LogP contribution in [-0.4, -0.2) is 48.7 Å². The molecule has 0 aromatic heterocycles. The van der Waals surface area contributed by atoms with Crippen molar-refractivity contribution in [1.82, 2.24) is 4.31 Å². The fourth-order valence-corrected chi connectivity index (χ4v) is 3.17. The summed E-state index contributed by atoms with van der Waals surface area (Å²) in [5.41, 5.74) is 0. The summed E-state index contributed by atoms with van der Waals surface area (Å²) in [6.07, 6.45) is 0.516. The number of rotatable bonds is 4. The van der Waals surface area contributed by atoms with E-state index in [1.807, 2.05) is 0 Å². The fraction of sp³-hybridized carbons (Fsp3) is 1.00. The van der Waals surface area contributed by atoms with Crippen LogP contribution in [0.1, 0.15) is 12.8 Å². The molecule has 13 heavy (non-hydrogen) atoms. The molecular formula is C7H14ClNO3S. The number of nitrogens with zero attached hydrogens (tertiary/aromatic N) is 1. The van der Waals surface area contributed by atoms with Gasteiger partial charge in [-0.1, -0.05) is 0 Å². The molecule has 1 rings (SSSR count). The monoisotopic (exact) mass is 227 g/mol. The lowest BCUT2D eigenvalue weighted by molar-refractivity contribution is 0.189. The van der Waals surface area contributed by atoms with Gasteiger partial charge in [-0.25, -0.2) is 8.42 Å². The second-order valence-electron chi connectivity index (χ2n) is 3.16. The van der Waals surface area contributed by atoms with Crippen molar-refractivity contribution in [2.45, 2.75) is 18.9 Å². The molecule has 0 saturated carbocycles. The van der Waals surface area contributed by atoms with Crippen LogP contribution in [0.5, 0.6) is 0 Å². The van der Waals surface area contributed by atoms with E-state index in [1.165, 1.54) is 4.31 Å². The Bertz CT molecular complexity index is 254. The first kappa shape index (κ1) is 11.2. The van der Waals surface area contributed by atoms with Gasteiger partial charge in [0.1, 0.15) is 0 Å². The number of alkyl halides is 1. The van der Waals surface area contributed by atoms with E-state index in [1.54, 1.807) is 0 Å². The first-order chi connectivity index (χ1) is 6.06. The Hall–Kier alpha value is 0.160. The number of hydrogen-bond donors (Lipinski definition) is 1. The van der Waals surface area contributed by atoms with Crippen molar-refractivity contribution in [3.63, 3.8) is 0 Å². The topological polar surface area (TPSA) is 57.6 Å². The molecule has 1 aliphatic rings. The first-order valence-corrected chi connectivity index (χ1v) is 6.42. The van der Waals surface area contributed by atoms with Crippen LogP contribution in [0, 0.1) is 0 Å². The second kappa shape index (κ2) is 4.59. The summed E-state index contributed by atoms with van der Waals surface area (Å²) in [7, 11) is -3.17. The molecule has 0 aliphatic carbocycles. The lowest BCUT2D eigenvalue weighted by Crippen LogP contribution is -2.31. The second-order valence-corrected chi connectivity index (χ2v) is 5.63. The van der Waals surface area contributed by atoms with E-state index in [0.29, 0.717) is 25.3 Å². The highest BCUT2D eigenvalue weighted by Gasteiger charge is 2.29. The van der Waals surface area contributed by atoms with Crippen LogP contribution in [0.2, 0.25) is 0 Å². The predicted octanol–water partition coefficient (Wildman–Crippen LogP) is 0.0117. The summed E-state index contributed by atoms with van der Waals surface area (Å²) in [5.74, 6) is 0.443. The van der Waals surface area contributed by atoms with Gasteiger partial charge in [0.2, 0.25) is 10.0 Å². The third-order valence-corrected chi connectivity index (χ3v) is 4.25. The van der Waals surface area contributed by atoms with Gasteiger partial charge >= 0.3 is 0 Å². The van der Waals surface area contributed by atoms with E-state index in [4.69, 9.17) is 16.7 Å². The van der Waals surface area contributed by atoms with Gasteiger partial charge in [-0.15, -0.1) is 11.6 Å². The van der Waals surface area contributed by atoms with Gasteiger partial charge in [0.05, 0.1) is 11.9 Å². The summed E-state index contributed by atoms with van der Waals surface area (Å²) < 4.78 is 24.3. The van der Waals surface area contributed by atoms with Crippen LogP contribution >= 0.6 is 11.6 Å². The maximum Gasteiger partial charge on any atom is 0.214 e. The molecule has 1 aliphatic heterocycles. The zero-order valence-corrected chi connectivity index (χ0v) is 8.89. The van der Waals surface area contributed by atoms with E-state index in [-0.39, 0.29) is 12.3 Å². The minimum absolute atomic E-state index is 0.0865. The van der Waals surface area contributed by atoms with Gasteiger partial charge in [0.25, 0.3) is 0 Å². The first-order valence-electron chi connectivity index (χ1n) is 4.28. The maximum atomic E-state index is 11.5. The molecule has 4 nitrogen and oxygen atoms in total. The zero-order chi connectivity index (χ0) is 9.90. The number of aliphatic hydroxyl groups is 1. The van der Waals surface area contributed by atoms with E-state index in [0.717, 1.165) is 0 Å². The largest absolute Gasteiger partial charge is 0.392 e. The lowest BCUT2D eigenvalue weighted by atomic mass is 10.3. The summed E-state index contributed by atoms with van der Waals surface area (Å²) in [6.45, 7) is 0.677. The molecule has 6 heteroatoms. The Kier molecular flexibility index (Phi) is 3.97. The van der Waals surface area contributed by atoms with Gasteiger partial charge in [0.15, 0.2) is 0 Å². The Morgan fingerprint density at radius 3 is 2.69 bits per heavy atom. The number of β-amino-alcohol motifs (C(OH)–C–C–N with tert-alkyl or cyclic N) is 1. The van der Waals surface area contributed by atoms with Gasteiger partial charge in [0, 0.05) is 19.0 Å². The Morgan fingerprint density at radius 2 is 2.23 bits per heavy atom. The quantitative estimate of drug-likeness (QED) is 0.689. The summed E-state index contributed by atoms with van der Waals surface area (Å²) in [5, 5.41) is 9.16. The van der Waals surface area contributed by atoms with E-state index >= 15 is 0 Å². The Labute approximate surface area is 83.5 Å². The molecule has 1 saturated heterocycles. The van der Waals surface area contributed by atoms with Crippen molar-refractivity contribution in [2.75, 3.05) is 24.7 Å². The van der Waals surface area contributed by atoms with Crippen molar-refractivity contribution in [3.8, 4) is 0 Å². The highest BCUT2D eigenvalue weighted by molar-refractivity contribution is 7.89. The van der Waals surface area contributed by atoms with E-state index in [9.17, 15) is 8.42 Å². The third kappa shape index (κ3) is 3.09. The van der Waals surface area contributed by atoms with Crippen molar-refractivity contribution in [2.24, 2.45) is 0 Å². The Morgan fingerprint density at radius 1 is 1.54 bits per heavy atom. The molecule has 0 radical (unpaired) electrons. The van der Waals surface area contributed by atoms with Crippen LogP contribution in [0.3, 0.4) is 0 Å². The highest BCUT2D eigenvalue weighted by Crippen LogP contribution is 2.14. The maximum absolute atomic E-state index is 11.5. The number of hydrogen-bond acceptors (Lipinski definition) is 3.